The standard InChI is InChI=1S/C13H8BrF2N3/c14-10-3-1-7(15)5-9(10)12-13(17)19-6-8(16)2-4-11(19)18-12/h1-6H,17H2. The molecular weight excluding hydrogens is 316 g/mol. The van der Waals surface area contributed by atoms with Crippen LogP contribution in [0.1, 0.15) is 0 Å². The van der Waals surface area contributed by atoms with Crippen LogP contribution in [0.5, 0.6) is 0 Å². The molecule has 0 atom stereocenters. The summed E-state index contributed by atoms with van der Waals surface area (Å²) in [5.74, 6) is -0.539. The Hall–Kier alpha value is -1.95. The molecule has 2 N–H and O–H groups in total. The summed E-state index contributed by atoms with van der Waals surface area (Å²) in [7, 11) is 0. The number of fused-ring (bicyclic) bond motifs is 1. The molecule has 0 aliphatic carbocycles. The van der Waals surface area contributed by atoms with E-state index in [1.807, 2.05) is 0 Å². The topological polar surface area (TPSA) is 43.3 Å². The zero-order chi connectivity index (χ0) is 13.6. The molecule has 6 heteroatoms. The summed E-state index contributed by atoms with van der Waals surface area (Å²) in [5, 5.41) is 0. The van der Waals surface area contributed by atoms with E-state index in [-0.39, 0.29) is 11.6 Å². The van der Waals surface area contributed by atoms with E-state index in [9.17, 15) is 8.78 Å². The summed E-state index contributed by atoms with van der Waals surface area (Å²) in [6.07, 6.45) is 1.24. The van der Waals surface area contributed by atoms with Crippen LogP contribution in [0.15, 0.2) is 41.0 Å². The average molecular weight is 324 g/mol. The minimum Gasteiger partial charge on any atom is -0.383 e. The second kappa shape index (κ2) is 4.31. The van der Waals surface area contributed by atoms with E-state index in [0.717, 1.165) is 0 Å². The van der Waals surface area contributed by atoms with Crippen LogP contribution < -0.4 is 5.73 Å². The van der Waals surface area contributed by atoms with Gasteiger partial charge in [-0.05, 0) is 30.3 Å². The summed E-state index contributed by atoms with van der Waals surface area (Å²) in [5.41, 5.74) is 7.40. The number of benzene rings is 1. The lowest BCUT2D eigenvalue weighted by Gasteiger charge is -2.02. The molecule has 0 aliphatic heterocycles. The van der Waals surface area contributed by atoms with E-state index in [2.05, 4.69) is 20.9 Å². The Bertz CT molecular complexity index is 783. The number of hydrogen-bond donors (Lipinski definition) is 1. The van der Waals surface area contributed by atoms with E-state index in [4.69, 9.17) is 5.73 Å². The van der Waals surface area contributed by atoms with E-state index in [1.165, 1.54) is 34.9 Å². The Balaban J connectivity index is 2.31. The summed E-state index contributed by atoms with van der Waals surface area (Å²) < 4.78 is 28.6. The van der Waals surface area contributed by atoms with Gasteiger partial charge in [0.15, 0.2) is 0 Å². The summed E-state index contributed by atoms with van der Waals surface area (Å²) in [4.78, 5) is 4.30. The van der Waals surface area contributed by atoms with E-state index in [0.29, 0.717) is 21.4 Å². The van der Waals surface area contributed by atoms with Gasteiger partial charge < -0.3 is 5.73 Å². The van der Waals surface area contributed by atoms with Crippen molar-refractivity contribution in [2.24, 2.45) is 0 Å². The third kappa shape index (κ3) is 1.98. The Morgan fingerprint density at radius 1 is 1.11 bits per heavy atom. The van der Waals surface area contributed by atoms with Gasteiger partial charge in [0.05, 0.1) is 0 Å². The highest BCUT2D eigenvalue weighted by Gasteiger charge is 2.15. The van der Waals surface area contributed by atoms with Crippen LogP contribution in [0.2, 0.25) is 0 Å². The van der Waals surface area contributed by atoms with Gasteiger partial charge in [0.25, 0.3) is 0 Å². The first-order valence-corrected chi connectivity index (χ1v) is 6.24. The molecule has 3 nitrogen and oxygen atoms in total. The third-order valence-electron chi connectivity index (χ3n) is 2.80. The molecule has 3 rings (SSSR count). The normalized spacial score (nSPS) is 11.1. The van der Waals surface area contributed by atoms with E-state index < -0.39 is 5.82 Å². The van der Waals surface area contributed by atoms with Crippen LogP contribution in [-0.4, -0.2) is 9.38 Å². The van der Waals surface area contributed by atoms with Gasteiger partial charge in [-0.25, -0.2) is 13.8 Å². The molecular formula is C13H8BrF2N3. The molecule has 0 saturated carbocycles. The van der Waals surface area contributed by atoms with E-state index >= 15 is 0 Å². The monoisotopic (exact) mass is 323 g/mol. The van der Waals surface area contributed by atoms with Gasteiger partial charge in [-0.3, -0.25) is 4.40 Å². The predicted molar refractivity (Wildman–Crippen MR) is 72.7 cm³/mol. The molecule has 2 aromatic heterocycles. The molecule has 0 fully saturated rings. The smallest absolute Gasteiger partial charge is 0.140 e. The fourth-order valence-corrected chi connectivity index (χ4v) is 2.35. The van der Waals surface area contributed by atoms with Crippen LogP contribution >= 0.6 is 15.9 Å². The maximum absolute atomic E-state index is 13.3. The number of aromatic nitrogens is 2. The third-order valence-corrected chi connectivity index (χ3v) is 3.49. The number of nitrogen functional groups attached to an aromatic ring is 1. The van der Waals surface area contributed by atoms with Gasteiger partial charge in [0.2, 0.25) is 0 Å². The summed E-state index contributed by atoms with van der Waals surface area (Å²) in [6.45, 7) is 0. The number of rotatable bonds is 1. The molecule has 0 amide bonds. The highest BCUT2D eigenvalue weighted by atomic mass is 79.9. The molecule has 0 unspecified atom stereocenters. The lowest BCUT2D eigenvalue weighted by molar-refractivity contribution is 0.619. The number of anilines is 1. The largest absolute Gasteiger partial charge is 0.383 e. The Morgan fingerprint density at radius 2 is 1.84 bits per heavy atom. The summed E-state index contributed by atoms with van der Waals surface area (Å²) in [6, 6.07) is 7.06. The predicted octanol–water partition coefficient (Wildman–Crippen LogP) is 3.62. The number of nitrogens with two attached hydrogens (primary N) is 1. The lowest BCUT2D eigenvalue weighted by Crippen LogP contribution is -1.95. The first kappa shape index (κ1) is 12.1. The molecule has 96 valence electrons. The number of halogens is 3. The van der Waals surface area contributed by atoms with Gasteiger partial charge in [0, 0.05) is 16.2 Å². The van der Waals surface area contributed by atoms with Crippen LogP contribution in [0.3, 0.4) is 0 Å². The zero-order valence-electron chi connectivity index (χ0n) is 9.57. The van der Waals surface area contributed by atoms with Crippen LogP contribution in [0.4, 0.5) is 14.6 Å². The van der Waals surface area contributed by atoms with Crippen LogP contribution in [0, 0.1) is 11.6 Å². The molecule has 1 aromatic carbocycles. The van der Waals surface area contributed by atoms with Gasteiger partial charge in [-0.2, -0.15) is 0 Å². The van der Waals surface area contributed by atoms with Crippen molar-refractivity contribution < 1.29 is 8.78 Å². The zero-order valence-corrected chi connectivity index (χ0v) is 11.2. The fraction of sp³-hybridized carbons (Fsp3) is 0. The van der Waals surface area contributed by atoms with Crippen molar-refractivity contribution in [1.82, 2.24) is 9.38 Å². The molecule has 19 heavy (non-hydrogen) atoms. The Kier molecular flexibility index (Phi) is 2.74. The second-order valence-corrected chi connectivity index (χ2v) is 4.90. The van der Waals surface area contributed by atoms with Crippen molar-refractivity contribution in [3.8, 4) is 11.3 Å². The number of imidazole rings is 1. The van der Waals surface area contributed by atoms with Crippen molar-refractivity contribution in [3.05, 3.63) is 52.6 Å². The average Bonchev–Trinajstić information content (AvgIpc) is 2.70. The molecule has 2 heterocycles. The second-order valence-electron chi connectivity index (χ2n) is 4.05. The van der Waals surface area contributed by atoms with Crippen LogP contribution in [0.25, 0.3) is 16.9 Å². The van der Waals surface area contributed by atoms with Crippen molar-refractivity contribution in [2.75, 3.05) is 5.73 Å². The van der Waals surface area contributed by atoms with E-state index in [1.54, 1.807) is 6.07 Å². The molecule has 3 aromatic rings. The summed E-state index contributed by atoms with van der Waals surface area (Å²) >= 11 is 3.33. The van der Waals surface area contributed by atoms with Gasteiger partial charge in [-0.1, -0.05) is 15.9 Å². The molecule has 0 saturated heterocycles. The van der Waals surface area contributed by atoms with Crippen molar-refractivity contribution in [1.29, 1.82) is 0 Å². The minimum absolute atomic E-state index is 0.265. The van der Waals surface area contributed by atoms with Gasteiger partial charge in [-0.15, -0.1) is 0 Å². The van der Waals surface area contributed by atoms with Crippen molar-refractivity contribution in [3.63, 3.8) is 0 Å². The number of hydrogen-bond acceptors (Lipinski definition) is 2. The Morgan fingerprint density at radius 3 is 2.63 bits per heavy atom. The molecule has 0 radical (unpaired) electrons. The first-order chi connectivity index (χ1) is 9.06. The molecule has 0 aliphatic rings. The minimum atomic E-state index is -0.415. The fourth-order valence-electron chi connectivity index (χ4n) is 1.91. The quantitative estimate of drug-likeness (QED) is 0.743. The molecule has 0 bridgehead atoms. The van der Waals surface area contributed by atoms with Crippen molar-refractivity contribution >= 4 is 27.4 Å². The maximum atomic E-state index is 13.3. The first-order valence-electron chi connectivity index (χ1n) is 5.45. The van der Waals surface area contributed by atoms with Gasteiger partial charge >= 0.3 is 0 Å². The lowest BCUT2D eigenvalue weighted by atomic mass is 10.1. The number of pyridine rings is 1. The number of nitrogens with zero attached hydrogens (tertiary/aromatic N) is 2. The highest BCUT2D eigenvalue weighted by molar-refractivity contribution is 9.10. The van der Waals surface area contributed by atoms with Gasteiger partial charge in [0.1, 0.15) is 28.8 Å². The molecule has 0 spiro atoms. The van der Waals surface area contributed by atoms with Crippen molar-refractivity contribution in [2.45, 2.75) is 0 Å². The van der Waals surface area contributed by atoms with Crippen LogP contribution in [-0.2, 0) is 0 Å². The highest BCUT2D eigenvalue weighted by Crippen LogP contribution is 2.32. The SMILES string of the molecule is Nc1c(-c2cc(F)ccc2Br)nc2ccc(F)cn12. The maximum Gasteiger partial charge on any atom is 0.140 e. The Labute approximate surface area is 115 Å².